The van der Waals surface area contributed by atoms with E-state index in [0.717, 1.165) is 18.8 Å². The first-order valence-corrected chi connectivity index (χ1v) is 10.2. The number of esters is 1. The van der Waals surface area contributed by atoms with Gasteiger partial charge in [-0.3, -0.25) is 14.4 Å². The molecule has 29 heavy (non-hydrogen) atoms. The molecule has 0 bridgehead atoms. The van der Waals surface area contributed by atoms with Gasteiger partial charge in [-0.05, 0) is 35.7 Å². The summed E-state index contributed by atoms with van der Waals surface area (Å²) in [6.45, 7) is 2.89. The fourth-order valence-electron chi connectivity index (χ4n) is 2.77. The minimum absolute atomic E-state index is 0.00135. The number of carbonyl (C=O) groups excluding carboxylic acids is 3. The van der Waals surface area contributed by atoms with Gasteiger partial charge in [-0.25, -0.2) is 0 Å². The number of nitrogens with one attached hydrogen (secondary N) is 2. The Bertz CT molecular complexity index is 817. The van der Waals surface area contributed by atoms with Gasteiger partial charge in [0.15, 0.2) is 6.61 Å². The van der Waals surface area contributed by atoms with Crippen molar-refractivity contribution >= 4 is 40.5 Å². The summed E-state index contributed by atoms with van der Waals surface area (Å²) < 4.78 is 10.3. The van der Waals surface area contributed by atoms with Crippen LogP contribution in [-0.4, -0.2) is 57.2 Å². The number of hydrogen-bond donors (Lipinski definition) is 2. The van der Waals surface area contributed by atoms with Crippen molar-refractivity contribution in [3.05, 3.63) is 46.7 Å². The molecule has 9 heteroatoms. The number of thiophene rings is 1. The summed E-state index contributed by atoms with van der Waals surface area (Å²) in [5.41, 5.74) is 1.70. The first-order valence-electron chi connectivity index (χ1n) is 9.32. The van der Waals surface area contributed by atoms with Gasteiger partial charge in [0.25, 0.3) is 11.8 Å². The van der Waals surface area contributed by atoms with E-state index in [2.05, 4.69) is 15.5 Å². The molecule has 0 saturated carbocycles. The molecule has 1 aromatic heterocycles. The molecule has 1 aliphatic heterocycles. The fourth-order valence-corrected chi connectivity index (χ4v) is 3.41. The molecule has 0 aliphatic carbocycles. The maximum atomic E-state index is 12.0. The minimum atomic E-state index is -0.547. The molecule has 1 saturated heterocycles. The van der Waals surface area contributed by atoms with Gasteiger partial charge >= 0.3 is 5.97 Å². The molecule has 0 atom stereocenters. The highest BCUT2D eigenvalue weighted by Gasteiger charge is 2.12. The van der Waals surface area contributed by atoms with Crippen molar-refractivity contribution in [3.63, 3.8) is 0 Å². The van der Waals surface area contributed by atoms with E-state index in [1.165, 1.54) is 11.3 Å². The van der Waals surface area contributed by atoms with Crippen molar-refractivity contribution in [2.24, 2.45) is 0 Å². The highest BCUT2D eigenvalue weighted by atomic mass is 32.1. The van der Waals surface area contributed by atoms with Crippen LogP contribution in [0.2, 0.25) is 0 Å². The average Bonchev–Trinajstić information content (AvgIpc) is 3.28. The van der Waals surface area contributed by atoms with Crippen LogP contribution < -0.4 is 15.5 Å². The van der Waals surface area contributed by atoms with E-state index < -0.39 is 11.9 Å². The van der Waals surface area contributed by atoms with E-state index in [9.17, 15) is 14.4 Å². The number of carbonyl (C=O) groups is 3. The lowest BCUT2D eigenvalue weighted by molar-refractivity contribution is -0.147. The van der Waals surface area contributed by atoms with Crippen molar-refractivity contribution in [2.45, 2.75) is 6.42 Å². The van der Waals surface area contributed by atoms with Crippen molar-refractivity contribution in [1.29, 1.82) is 0 Å². The van der Waals surface area contributed by atoms with Crippen LogP contribution in [0.5, 0.6) is 0 Å². The highest BCUT2D eigenvalue weighted by molar-refractivity contribution is 7.12. The fraction of sp³-hybridized carbons (Fsp3) is 0.350. The average molecular weight is 417 g/mol. The molecule has 0 unspecified atom stereocenters. The topological polar surface area (TPSA) is 97.0 Å². The predicted octanol–water partition coefficient (Wildman–Crippen LogP) is 1.89. The molecule has 0 radical (unpaired) electrons. The Morgan fingerprint density at radius 3 is 2.55 bits per heavy atom. The molecule has 2 aromatic rings. The van der Waals surface area contributed by atoms with E-state index in [-0.39, 0.29) is 25.5 Å². The Balaban J connectivity index is 1.33. The third-order valence-corrected chi connectivity index (χ3v) is 5.12. The van der Waals surface area contributed by atoms with E-state index >= 15 is 0 Å². The molecule has 154 valence electrons. The second-order valence-corrected chi connectivity index (χ2v) is 7.29. The Morgan fingerprint density at radius 1 is 1.10 bits per heavy atom. The summed E-state index contributed by atoms with van der Waals surface area (Å²) >= 11 is 1.32. The Kier molecular flexibility index (Phi) is 7.60. The van der Waals surface area contributed by atoms with Gasteiger partial charge in [-0.1, -0.05) is 6.07 Å². The summed E-state index contributed by atoms with van der Waals surface area (Å²) in [6, 6.07) is 11.0. The molecule has 2 heterocycles. The van der Waals surface area contributed by atoms with Gasteiger partial charge in [0.05, 0.1) is 24.5 Å². The van der Waals surface area contributed by atoms with Crippen LogP contribution in [0.25, 0.3) is 0 Å². The third-order valence-electron chi connectivity index (χ3n) is 4.25. The standard InChI is InChI=1S/C20H23N3O5S/c24-18(14-28-19(25)7-8-21-20(26)17-2-1-13-29-17)22-15-3-5-16(6-4-15)23-9-11-27-12-10-23/h1-6,13H,7-12,14H2,(H,21,26)(H,22,24). The van der Waals surface area contributed by atoms with Gasteiger partial charge in [-0.2, -0.15) is 0 Å². The number of amides is 2. The summed E-state index contributed by atoms with van der Waals surface area (Å²) in [4.78, 5) is 38.2. The molecule has 2 N–H and O–H groups in total. The molecule has 1 aromatic carbocycles. The molecule has 8 nitrogen and oxygen atoms in total. The maximum Gasteiger partial charge on any atom is 0.308 e. The lowest BCUT2D eigenvalue weighted by Crippen LogP contribution is -2.36. The van der Waals surface area contributed by atoms with E-state index in [1.54, 1.807) is 17.5 Å². The van der Waals surface area contributed by atoms with Crippen LogP contribution in [0.4, 0.5) is 11.4 Å². The lowest BCUT2D eigenvalue weighted by atomic mass is 10.2. The van der Waals surface area contributed by atoms with Gasteiger partial charge in [0, 0.05) is 31.0 Å². The number of morpholine rings is 1. The second-order valence-electron chi connectivity index (χ2n) is 6.34. The molecular weight excluding hydrogens is 394 g/mol. The van der Waals surface area contributed by atoms with Crippen molar-refractivity contribution in [3.8, 4) is 0 Å². The summed E-state index contributed by atoms with van der Waals surface area (Å²) in [7, 11) is 0. The normalized spacial score (nSPS) is 13.6. The zero-order valence-corrected chi connectivity index (χ0v) is 16.7. The molecule has 3 rings (SSSR count). The second kappa shape index (κ2) is 10.6. The van der Waals surface area contributed by atoms with Crippen LogP contribution in [0.1, 0.15) is 16.1 Å². The number of hydrogen-bond acceptors (Lipinski definition) is 7. The number of nitrogens with zero attached hydrogens (tertiary/aromatic N) is 1. The number of anilines is 2. The van der Waals surface area contributed by atoms with Gasteiger partial charge in [0.1, 0.15) is 0 Å². The molecule has 0 spiro atoms. The highest BCUT2D eigenvalue weighted by Crippen LogP contribution is 2.19. The van der Waals surface area contributed by atoms with Crippen molar-refractivity contribution in [1.82, 2.24) is 5.32 Å². The van der Waals surface area contributed by atoms with Crippen molar-refractivity contribution < 1.29 is 23.9 Å². The Hall–Kier alpha value is -2.91. The van der Waals surface area contributed by atoms with Crippen LogP contribution >= 0.6 is 11.3 Å². The Labute approximate surface area is 172 Å². The third kappa shape index (κ3) is 6.58. The van der Waals surface area contributed by atoms with Crippen molar-refractivity contribution in [2.75, 3.05) is 49.7 Å². The number of rotatable bonds is 8. The summed E-state index contributed by atoms with van der Waals surface area (Å²) in [6.07, 6.45) is -0.00135. The minimum Gasteiger partial charge on any atom is -0.456 e. The molecule has 2 amide bonds. The quantitative estimate of drug-likeness (QED) is 0.637. The van der Waals surface area contributed by atoms with Gasteiger partial charge in [0.2, 0.25) is 0 Å². The van der Waals surface area contributed by atoms with Gasteiger partial charge in [-0.15, -0.1) is 11.3 Å². The zero-order chi connectivity index (χ0) is 20.5. The molecule has 1 fully saturated rings. The van der Waals surface area contributed by atoms with E-state index in [4.69, 9.17) is 9.47 Å². The summed E-state index contributed by atoms with van der Waals surface area (Å²) in [5.74, 6) is -1.19. The Morgan fingerprint density at radius 2 is 1.86 bits per heavy atom. The number of ether oxygens (including phenoxy) is 2. The maximum absolute atomic E-state index is 12.0. The largest absolute Gasteiger partial charge is 0.456 e. The SMILES string of the molecule is O=C(COC(=O)CCNC(=O)c1cccs1)Nc1ccc(N2CCOCC2)cc1. The molecular formula is C20H23N3O5S. The smallest absolute Gasteiger partial charge is 0.308 e. The van der Waals surface area contributed by atoms with Crippen LogP contribution in [0.15, 0.2) is 41.8 Å². The van der Waals surface area contributed by atoms with Gasteiger partial charge < -0.3 is 25.0 Å². The zero-order valence-electron chi connectivity index (χ0n) is 15.9. The summed E-state index contributed by atoms with van der Waals surface area (Å²) in [5, 5.41) is 7.13. The first kappa shape index (κ1) is 20.8. The van der Waals surface area contributed by atoms with Crippen LogP contribution in [0.3, 0.4) is 0 Å². The van der Waals surface area contributed by atoms with Crippen LogP contribution in [0, 0.1) is 0 Å². The lowest BCUT2D eigenvalue weighted by Gasteiger charge is -2.28. The number of benzene rings is 1. The first-order chi connectivity index (χ1) is 14.1. The van der Waals surface area contributed by atoms with Crippen LogP contribution in [-0.2, 0) is 19.1 Å². The monoisotopic (exact) mass is 417 g/mol. The van der Waals surface area contributed by atoms with E-state index in [1.807, 2.05) is 24.3 Å². The van der Waals surface area contributed by atoms with E-state index in [0.29, 0.717) is 23.8 Å². The molecule has 1 aliphatic rings. The predicted molar refractivity (Wildman–Crippen MR) is 110 cm³/mol.